The molecule has 1 fully saturated rings. The molecule has 1 aromatic carbocycles. The van der Waals surface area contributed by atoms with Crippen molar-refractivity contribution in [1.82, 2.24) is 15.2 Å². The summed E-state index contributed by atoms with van der Waals surface area (Å²) >= 11 is 0. The van der Waals surface area contributed by atoms with E-state index in [1.54, 1.807) is 44.2 Å². The van der Waals surface area contributed by atoms with E-state index in [-0.39, 0.29) is 6.54 Å². The Morgan fingerprint density at radius 2 is 1.85 bits per heavy atom. The van der Waals surface area contributed by atoms with Crippen LogP contribution in [0.2, 0.25) is 0 Å². The molecule has 1 unspecified atom stereocenters. The van der Waals surface area contributed by atoms with Crippen molar-refractivity contribution < 1.29 is 14.4 Å². The van der Waals surface area contributed by atoms with Crippen molar-refractivity contribution in [2.45, 2.75) is 26.3 Å². The standard InChI is InChI=1S/C19H20N4O3/c1-12-7-9-14(10-8-12)19(3)17(25)23(18(26)22-19)11-16(24)21-15-6-4-5-13(2)20-15/h4-10H,11H2,1-3H3,(H,22,26)(H,20,21,24). The van der Waals surface area contributed by atoms with Crippen molar-refractivity contribution >= 4 is 23.7 Å². The lowest BCUT2D eigenvalue weighted by atomic mass is 9.91. The molecule has 3 rings (SSSR count). The minimum atomic E-state index is -1.19. The van der Waals surface area contributed by atoms with E-state index in [4.69, 9.17) is 0 Å². The monoisotopic (exact) mass is 352 g/mol. The highest BCUT2D eigenvalue weighted by Gasteiger charge is 2.49. The van der Waals surface area contributed by atoms with E-state index in [1.165, 1.54) is 0 Å². The SMILES string of the molecule is Cc1ccc(C2(C)NC(=O)N(CC(=O)Nc3cccc(C)n3)C2=O)cc1. The van der Waals surface area contributed by atoms with Gasteiger partial charge in [-0.1, -0.05) is 35.9 Å². The molecule has 1 atom stereocenters. The number of imide groups is 1. The summed E-state index contributed by atoms with van der Waals surface area (Å²) in [6, 6.07) is 12.0. The summed E-state index contributed by atoms with van der Waals surface area (Å²) < 4.78 is 0. The molecular formula is C19H20N4O3. The number of hydrogen-bond donors (Lipinski definition) is 2. The van der Waals surface area contributed by atoms with E-state index in [0.717, 1.165) is 16.2 Å². The second-order valence-corrected chi connectivity index (χ2v) is 6.52. The predicted molar refractivity (Wildman–Crippen MR) is 96.4 cm³/mol. The summed E-state index contributed by atoms with van der Waals surface area (Å²) in [6.45, 7) is 5.01. The number of rotatable bonds is 4. The number of benzene rings is 1. The lowest BCUT2D eigenvalue weighted by Gasteiger charge is -2.22. The smallest absolute Gasteiger partial charge is 0.319 e. The van der Waals surface area contributed by atoms with Crippen molar-refractivity contribution in [1.29, 1.82) is 0 Å². The van der Waals surface area contributed by atoms with E-state index in [1.807, 2.05) is 19.1 Å². The first-order chi connectivity index (χ1) is 12.3. The van der Waals surface area contributed by atoms with E-state index in [2.05, 4.69) is 15.6 Å². The molecule has 0 bridgehead atoms. The predicted octanol–water partition coefficient (Wildman–Crippen LogP) is 2.10. The van der Waals surface area contributed by atoms with Crippen LogP contribution < -0.4 is 10.6 Å². The van der Waals surface area contributed by atoms with Crippen LogP contribution in [0.1, 0.15) is 23.7 Å². The molecule has 0 spiro atoms. The number of carbonyl (C=O) groups excluding carboxylic acids is 3. The molecule has 2 heterocycles. The van der Waals surface area contributed by atoms with Gasteiger partial charge >= 0.3 is 6.03 Å². The van der Waals surface area contributed by atoms with Crippen LogP contribution in [0.3, 0.4) is 0 Å². The molecule has 0 saturated carbocycles. The normalized spacial score (nSPS) is 19.4. The summed E-state index contributed by atoms with van der Waals surface area (Å²) in [5, 5.41) is 5.29. The van der Waals surface area contributed by atoms with Crippen molar-refractivity contribution in [3.63, 3.8) is 0 Å². The molecule has 1 saturated heterocycles. The largest absolute Gasteiger partial charge is 0.325 e. The number of anilines is 1. The van der Waals surface area contributed by atoms with Gasteiger partial charge in [-0.3, -0.25) is 14.5 Å². The first-order valence-corrected chi connectivity index (χ1v) is 8.24. The Balaban J connectivity index is 1.74. The zero-order valence-corrected chi connectivity index (χ0v) is 14.9. The van der Waals surface area contributed by atoms with Gasteiger partial charge in [0.2, 0.25) is 5.91 Å². The molecule has 4 amide bonds. The highest BCUT2D eigenvalue weighted by Crippen LogP contribution is 2.28. The van der Waals surface area contributed by atoms with Gasteiger partial charge in [0.15, 0.2) is 0 Å². The summed E-state index contributed by atoms with van der Waals surface area (Å²) in [5.74, 6) is -0.568. The van der Waals surface area contributed by atoms with Crippen LogP contribution in [0.4, 0.5) is 10.6 Å². The number of amides is 4. The fourth-order valence-corrected chi connectivity index (χ4v) is 2.86. The fraction of sp³-hybridized carbons (Fsp3) is 0.263. The van der Waals surface area contributed by atoms with Gasteiger partial charge < -0.3 is 10.6 Å². The quantitative estimate of drug-likeness (QED) is 0.825. The summed E-state index contributed by atoms with van der Waals surface area (Å²) in [4.78, 5) is 42.4. The lowest BCUT2D eigenvalue weighted by Crippen LogP contribution is -2.42. The average Bonchev–Trinajstić information content (AvgIpc) is 2.79. The van der Waals surface area contributed by atoms with Crippen molar-refractivity contribution in [3.8, 4) is 0 Å². The summed E-state index contributed by atoms with van der Waals surface area (Å²) in [7, 11) is 0. The Labute approximate surface area is 151 Å². The number of hydrogen-bond acceptors (Lipinski definition) is 4. The maximum Gasteiger partial charge on any atom is 0.325 e. The van der Waals surface area contributed by atoms with Crippen molar-refractivity contribution in [2.75, 3.05) is 11.9 Å². The van der Waals surface area contributed by atoms with Gasteiger partial charge in [-0.15, -0.1) is 0 Å². The van der Waals surface area contributed by atoms with Gasteiger partial charge in [-0.25, -0.2) is 9.78 Å². The number of nitrogens with zero attached hydrogens (tertiary/aromatic N) is 2. The van der Waals surface area contributed by atoms with Crippen LogP contribution in [-0.4, -0.2) is 34.3 Å². The zero-order valence-electron chi connectivity index (χ0n) is 14.9. The Morgan fingerprint density at radius 1 is 1.15 bits per heavy atom. The van der Waals surface area contributed by atoms with Crippen LogP contribution in [-0.2, 0) is 15.1 Å². The van der Waals surface area contributed by atoms with E-state index < -0.39 is 23.4 Å². The van der Waals surface area contributed by atoms with Crippen LogP contribution >= 0.6 is 0 Å². The first kappa shape index (κ1) is 17.6. The van der Waals surface area contributed by atoms with Crippen molar-refractivity contribution in [3.05, 3.63) is 59.3 Å². The second-order valence-electron chi connectivity index (χ2n) is 6.52. The van der Waals surface area contributed by atoms with Crippen molar-refractivity contribution in [2.24, 2.45) is 0 Å². The van der Waals surface area contributed by atoms with E-state index in [0.29, 0.717) is 11.4 Å². The molecule has 0 aliphatic carbocycles. The molecule has 1 aliphatic heterocycles. The Morgan fingerprint density at radius 3 is 2.50 bits per heavy atom. The first-order valence-electron chi connectivity index (χ1n) is 8.24. The fourth-order valence-electron chi connectivity index (χ4n) is 2.86. The van der Waals surface area contributed by atoms with E-state index >= 15 is 0 Å². The molecule has 7 heteroatoms. The Kier molecular flexibility index (Phi) is 4.46. The van der Waals surface area contributed by atoms with Gasteiger partial charge in [0.25, 0.3) is 5.91 Å². The van der Waals surface area contributed by atoms with Gasteiger partial charge in [0, 0.05) is 5.69 Å². The minimum Gasteiger partial charge on any atom is -0.319 e. The molecule has 7 nitrogen and oxygen atoms in total. The number of urea groups is 1. The molecule has 0 radical (unpaired) electrons. The molecular weight excluding hydrogens is 332 g/mol. The van der Waals surface area contributed by atoms with Gasteiger partial charge in [-0.2, -0.15) is 0 Å². The molecule has 134 valence electrons. The minimum absolute atomic E-state index is 0.373. The number of carbonyl (C=O) groups is 3. The van der Waals surface area contributed by atoms with Crippen LogP contribution in [0.25, 0.3) is 0 Å². The summed E-state index contributed by atoms with van der Waals surface area (Å²) in [6.07, 6.45) is 0. The number of pyridine rings is 1. The lowest BCUT2D eigenvalue weighted by molar-refractivity contribution is -0.133. The molecule has 2 aromatic rings. The van der Waals surface area contributed by atoms with Gasteiger partial charge in [0.05, 0.1) is 0 Å². The third-order valence-corrected chi connectivity index (χ3v) is 4.36. The number of aryl methyl sites for hydroxylation is 2. The van der Waals surface area contributed by atoms with Crippen LogP contribution in [0, 0.1) is 13.8 Å². The highest BCUT2D eigenvalue weighted by atomic mass is 16.2. The number of nitrogens with one attached hydrogen (secondary N) is 2. The second kappa shape index (κ2) is 6.59. The Bertz CT molecular complexity index is 879. The molecule has 1 aromatic heterocycles. The van der Waals surface area contributed by atoms with Crippen LogP contribution in [0.15, 0.2) is 42.5 Å². The summed E-state index contributed by atoms with van der Waals surface area (Å²) in [5.41, 5.74) is 1.29. The maximum absolute atomic E-state index is 12.8. The topological polar surface area (TPSA) is 91.4 Å². The zero-order chi connectivity index (χ0) is 18.9. The molecule has 26 heavy (non-hydrogen) atoms. The maximum atomic E-state index is 12.8. The third kappa shape index (κ3) is 3.28. The van der Waals surface area contributed by atoms with Crippen LogP contribution in [0.5, 0.6) is 0 Å². The molecule has 2 N–H and O–H groups in total. The Hall–Kier alpha value is -3.22. The van der Waals surface area contributed by atoms with Gasteiger partial charge in [-0.05, 0) is 38.5 Å². The molecule has 1 aliphatic rings. The van der Waals surface area contributed by atoms with Gasteiger partial charge in [0.1, 0.15) is 17.9 Å². The third-order valence-electron chi connectivity index (χ3n) is 4.36. The average molecular weight is 352 g/mol. The number of aromatic nitrogens is 1. The highest BCUT2D eigenvalue weighted by molar-refractivity contribution is 6.10. The van der Waals surface area contributed by atoms with E-state index in [9.17, 15) is 14.4 Å².